The summed E-state index contributed by atoms with van der Waals surface area (Å²) < 4.78 is 28.5. The number of aromatic amines is 2. The first-order chi connectivity index (χ1) is 14.6. The SMILES string of the molecule is O=S(=O)(Nc1cccc(-c2nc3ccccc3[nH]2)c1)c1cccc(-c2ncc[nH]2)c1. The van der Waals surface area contributed by atoms with Gasteiger partial charge < -0.3 is 9.97 Å². The van der Waals surface area contributed by atoms with E-state index in [0.29, 0.717) is 22.9 Å². The van der Waals surface area contributed by atoms with Crippen LogP contribution in [0, 0.1) is 0 Å². The van der Waals surface area contributed by atoms with Crippen LogP contribution in [0.2, 0.25) is 0 Å². The molecule has 5 aromatic rings. The second-order valence-corrected chi connectivity index (χ2v) is 8.44. The summed E-state index contributed by atoms with van der Waals surface area (Å²) in [5.41, 5.74) is 3.72. The molecule has 0 saturated carbocycles. The van der Waals surface area contributed by atoms with E-state index in [4.69, 9.17) is 0 Å². The van der Waals surface area contributed by atoms with Crippen LogP contribution in [0.5, 0.6) is 0 Å². The van der Waals surface area contributed by atoms with Gasteiger partial charge in [0.25, 0.3) is 10.0 Å². The molecule has 0 spiro atoms. The normalized spacial score (nSPS) is 11.6. The number of imidazole rings is 2. The van der Waals surface area contributed by atoms with Gasteiger partial charge in [-0.3, -0.25) is 4.72 Å². The van der Waals surface area contributed by atoms with Gasteiger partial charge in [0.05, 0.1) is 15.9 Å². The predicted octanol–water partition coefficient (Wildman–Crippen LogP) is 4.42. The average molecular weight is 415 g/mol. The Hall–Kier alpha value is -3.91. The Kier molecular flexibility index (Phi) is 4.33. The number of anilines is 1. The molecule has 8 heteroatoms. The third-order valence-electron chi connectivity index (χ3n) is 4.69. The van der Waals surface area contributed by atoms with Gasteiger partial charge in [-0.05, 0) is 36.4 Å². The highest BCUT2D eigenvalue weighted by Gasteiger charge is 2.16. The number of nitrogens with one attached hydrogen (secondary N) is 3. The van der Waals surface area contributed by atoms with Crippen LogP contribution in [-0.4, -0.2) is 28.4 Å². The molecule has 0 radical (unpaired) electrons. The number of nitrogens with zero attached hydrogens (tertiary/aromatic N) is 2. The summed E-state index contributed by atoms with van der Waals surface area (Å²) in [6, 6.07) is 21.5. The molecule has 0 saturated heterocycles. The molecule has 0 atom stereocenters. The molecule has 3 aromatic carbocycles. The number of para-hydroxylation sites is 2. The van der Waals surface area contributed by atoms with Crippen molar-refractivity contribution < 1.29 is 8.42 Å². The van der Waals surface area contributed by atoms with E-state index in [1.165, 1.54) is 0 Å². The van der Waals surface area contributed by atoms with E-state index in [1.54, 1.807) is 54.9 Å². The fraction of sp³-hybridized carbons (Fsp3) is 0. The van der Waals surface area contributed by atoms with Gasteiger partial charge in [-0.2, -0.15) is 0 Å². The van der Waals surface area contributed by atoms with E-state index < -0.39 is 10.0 Å². The molecule has 30 heavy (non-hydrogen) atoms. The Morgan fingerprint density at radius 3 is 2.43 bits per heavy atom. The molecule has 2 aromatic heterocycles. The van der Waals surface area contributed by atoms with Crippen molar-refractivity contribution in [1.29, 1.82) is 0 Å². The van der Waals surface area contributed by atoms with Crippen molar-refractivity contribution in [3.63, 3.8) is 0 Å². The van der Waals surface area contributed by atoms with Crippen molar-refractivity contribution in [3.8, 4) is 22.8 Å². The first-order valence-corrected chi connectivity index (χ1v) is 10.7. The molecule has 0 bridgehead atoms. The maximum absolute atomic E-state index is 12.9. The Bertz CT molecular complexity index is 1410. The minimum Gasteiger partial charge on any atom is -0.345 e. The van der Waals surface area contributed by atoms with E-state index in [2.05, 4.69) is 24.7 Å². The molecular weight excluding hydrogens is 398 g/mol. The minimum atomic E-state index is -3.77. The van der Waals surface area contributed by atoms with Crippen LogP contribution in [0.1, 0.15) is 0 Å². The highest BCUT2D eigenvalue weighted by molar-refractivity contribution is 7.92. The first-order valence-electron chi connectivity index (χ1n) is 9.26. The molecule has 0 unspecified atom stereocenters. The summed E-state index contributed by atoms with van der Waals surface area (Å²) in [7, 11) is -3.77. The second-order valence-electron chi connectivity index (χ2n) is 6.75. The largest absolute Gasteiger partial charge is 0.345 e. The molecule has 7 nitrogen and oxygen atoms in total. The van der Waals surface area contributed by atoms with Crippen LogP contribution in [0.15, 0.2) is 90.1 Å². The number of sulfonamides is 1. The average Bonchev–Trinajstić information content (AvgIpc) is 3.44. The van der Waals surface area contributed by atoms with Crippen LogP contribution in [0.3, 0.4) is 0 Å². The van der Waals surface area contributed by atoms with Crippen molar-refractivity contribution >= 4 is 26.7 Å². The van der Waals surface area contributed by atoms with E-state index in [1.807, 2.05) is 30.3 Å². The zero-order chi connectivity index (χ0) is 20.6. The third-order valence-corrected chi connectivity index (χ3v) is 6.07. The highest BCUT2D eigenvalue weighted by Crippen LogP contribution is 2.25. The maximum Gasteiger partial charge on any atom is 0.261 e. The molecule has 148 valence electrons. The van der Waals surface area contributed by atoms with Crippen LogP contribution in [0.25, 0.3) is 33.8 Å². The smallest absolute Gasteiger partial charge is 0.261 e. The van der Waals surface area contributed by atoms with Crippen molar-refractivity contribution in [2.45, 2.75) is 4.90 Å². The Labute approximate surface area is 172 Å². The maximum atomic E-state index is 12.9. The van der Waals surface area contributed by atoms with E-state index in [9.17, 15) is 8.42 Å². The number of aromatic nitrogens is 4. The Balaban J connectivity index is 1.45. The van der Waals surface area contributed by atoms with Gasteiger partial charge in [0.1, 0.15) is 11.6 Å². The fourth-order valence-corrected chi connectivity index (χ4v) is 4.36. The number of rotatable bonds is 5. The summed E-state index contributed by atoms with van der Waals surface area (Å²) in [6.45, 7) is 0. The number of fused-ring (bicyclic) bond motifs is 1. The van der Waals surface area contributed by atoms with Crippen molar-refractivity contribution in [2.24, 2.45) is 0 Å². The van der Waals surface area contributed by atoms with Gasteiger partial charge in [-0.15, -0.1) is 0 Å². The molecule has 5 rings (SSSR count). The number of H-pyrrole nitrogens is 2. The lowest BCUT2D eigenvalue weighted by atomic mass is 10.2. The van der Waals surface area contributed by atoms with Crippen LogP contribution in [-0.2, 0) is 10.0 Å². The Morgan fingerprint density at radius 2 is 1.63 bits per heavy atom. The summed E-state index contributed by atoms with van der Waals surface area (Å²) in [5, 5.41) is 0. The highest BCUT2D eigenvalue weighted by atomic mass is 32.2. The molecular formula is C22H17N5O2S. The summed E-state index contributed by atoms with van der Waals surface area (Å²) in [5.74, 6) is 1.29. The zero-order valence-electron chi connectivity index (χ0n) is 15.7. The van der Waals surface area contributed by atoms with Gasteiger partial charge >= 0.3 is 0 Å². The lowest BCUT2D eigenvalue weighted by Gasteiger charge is -2.10. The molecule has 2 heterocycles. The van der Waals surface area contributed by atoms with Gasteiger partial charge in [0.2, 0.25) is 0 Å². The van der Waals surface area contributed by atoms with Gasteiger partial charge in [-0.1, -0.05) is 36.4 Å². The molecule has 0 fully saturated rings. The second kappa shape index (κ2) is 7.16. The standard InChI is InChI=1S/C22H17N5O2S/c28-30(29,18-8-4-6-16(14-18)21-23-11-12-24-21)27-17-7-3-5-15(13-17)22-25-19-9-1-2-10-20(19)26-22/h1-14,27H,(H,23,24)(H,25,26). The van der Waals surface area contributed by atoms with E-state index in [0.717, 1.165) is 16.6 Å². The van der Waals surface area contributed by atoms with Crippen molar-refractivity contribution in [2.75, 3.05) is 4.72 Å². The third kappa shape index (κ3) is 3.44. The van der Waals surface area contributed by atoms with Crippen LogP contribution < -0.4 is 4.72 Å². The van der Waals surface area contributed by atoms with E-state index in [-0.39, 0.29) is 4.90 Å². The number of hydrogen-bond acceptors (Lipinski definition) is 4. The van der Waals surface area contributed by atoms with Gasteiger partial charge in [0, 0.05) is 29.2 Å². The summed E-state index contributed by atoms with van der Waals surface area (Å²) >= 11 is 0. The summed E-state index contributed by atoms with van der Waals surface area (Å²) in [4.78, 5) is 15.1. The van der Waals surface area contributed by atoms with Crippen LogP contribution in [0.4, 0.5) is 5.69 Å². The molecule has 0 amide bonds. The monoisotopic (exact) mass is 415 g/mol. The summed E-state index contributed by atoms with van der Waals surface area (Å²) in [6.07, 6.45) is 3.32. The number of benzene rings is 3. The lowest BCUT2D eigenvalue weighted by molar-refractivity contribution is 0.601. The van der Waals surface area contributed by atoms with Crippen molar-refractivity contribution in [1.82, 2.24) is 19.9 Å². The predicted molar refractivity (Wildman–Crippen MR) is 116 cm³/mol. The topological polar surface area (TPSA) is 104 Å². The Morgan fingerprint density at radius 1 is 0.833 bits per heavy atom. The van der Waals surface area contributed by atoms with Crippen LogP contribution >= 0.6 is 0 Å². The van der Waals surface area contributed by atoms with Gasteiger partial charge in [0.15, 0.2) is 0 Å². The van der Waals surface area contributed by atoms with E-state index >= 15 is 0 Å². The zero-order valence-corrected chi connectivity index (χ0v) is 16.5. The van der Waals surface area contributed by atoms with Gasteiger partial charge in [-0.25, -0.2) is 18.4 Å². The molecule has 0 aliphatic heterocycles. The minimum absolute atomic E-state index is 0.158. The van der Waals surface area contributed by atoms with Crippen molar-refractivity contribution in [3.05, 3.63) is 85.2 Å². The molecule has 0 aliphatic rings. The molecule has 0 aliphatic carbocycles. The fourth-order valence-electron chi connectivity index (χ4n) is 3.27. The first kappa shape index (κ1) is 18.1. The lowest BCUT2D eigenvalue weighted by Crippen LogP contribution is -2.13. The molecule has 3 N–H and O–H groups in total. The number of hydrogen-bond donors (Lipinski definition) is 3. The quantitative estimate of drug-likeness (QED) is 0.395.